The lowest BCUT2D eigenvalue weighted by Gasteiger charge is -2.29. The third-order valence-corrected chi connectivity index (χ3v) is 4.36. The number of carbonyl (C=O) groups excluding carboxylic acids is 3. The number of carboxylic acids is 1. The maximum atomic E-state index is 11.9. The van der Waals surface area contributed by atoms with Crippen LogP contribution in [0.25, 0.3) is 0 Å². The number of phosphoric acid groups is 1. The molecule has 0 aliphatic heterocycles. The molecule has 0 saturated carbocycles. The number of aldehydes is 1. The zero-order chi connectivity index (χ0) is 23.3. The third-order valence-electron chi connectivity index (χ3n) is 3.36. The molecular formula is C19H34NO8P. The highest BCUT2D eigenvalue weighted by Gasteiger charge is 2.34. The number of likely N-dealkylation sites (N-methyl/N-ethyl adjacent to an activating group) is 1. The Bertz CT molecular complexity index is 624. The van der Waals surface area contributed by atoms with E-state index in [1.165, 1.54) is 6.92 Å². The van der Waals surface area contributed by atoms with Crippen LogP contribution in [0.2, 0.25) is 0 Å². The number of hydrogen-bond donors (Lipinski definition) is 1. The fourth-order valence-electron chi connectivity index (χ4n) is 1.94. The Balaban J connectivity index is 0. The molecular weight excluding hydrogens is 401 g/mol. The maximum absolute atomic E-state index is 11.9. The van der Waals surface area contributed by atoms with Gasteiger partial charge >= 0.3 is 7.82 Å². The Morgan fingerprint density at radius 2 is 1.79 bits per heavy atom. The van der Waals surface area contributed by atoms with E-state index in [2.05, 4.69) is 24.6 Å². The van der Waals surface area contributed by atoms with Crippen molar-refractivity contribution in [3.63, 3.8) is 0 Å². The van der Waals surface area contributed by atoms with Crippen LogP contribution in [0.1, 0.15) is 39.5 Å². The predicted molar refractivity (Wildman–Crippen MR) is 108 cm³/mol. The molecule has 0 aliphatic carbocycles. The van der Waals surface area contributed by atoms with Crippen molar-refractivity contribution in [2.75, 3.05) is 34.3 Å². The van der Waals surface area contributed by atoms with E-state index in [-0.39, 0.29) is 17.7 Å². The van der Waals surface area contributed by atoms with Gasteiger partial charge in [0.25, 0.3) is 0 Å². The fourth-order valence-corrected chi connectivity index (χ4v) is 2.74. The summed E-state index contributed by atoms with van der Waals surface area (Å²) in [5, 5.41) is 10.1. The zero-order valence-corrected chi connectivity index (χ0v) is 18.9. The second kappa shape index (κ2) is 14.4. The Kier molecular flexibility index (Phi) is 14.6. The molecule has 2 unspecified atom stereocenters. The summed E-state index contributed by atoms with van der Waals surface area (Å²) in [4.78, 5) is 41.5. The third kappa shape index (κ3) is 17.0. The lowest BCUT2D eigenvalue weighted by molar-refractivity contribution is -0.872. The normalized spacial score (nSPS) is 14.0. The summed E-state index contributed by atoms with van der Waals surface area (Å²) in [7, 11) is 0.959. The van der Waals surface area contributed by atoms with Gasteiger partial charge in [-0.15, -0.1) is 0 Å². The summed E-state index contributed by atoms with van der Waals surface area (Å²) in [5.74, 6) is -1.59. The number of hydrogen-bond acceptors (Lipinski definition) is 7. The molecule has 0 heterocycles. The van der Waals surface area contributed by atoms with Crippen molar-refractivity contribution in [3.8, 4) is 0 Å². The van der Waals surface area contributed by atoms with Crippen molar-refractivity contribution < 1.29 is 42.5 Å². The predicted octanol–water partition coefficient (Wildman–Crippen LogP) is 1.41. The second-order valence-corrected chi connectivity index (χ2v) is 8.90. The fraction of sp³-hybridized carbons (Fsp3) is 0.632. The van der Waals surface area contributed by atoms with E-state index in [0.29, 0.717) is 17.2 Å². The molecule has 0 bridgehead atoms. The average Bonchev–Trinajstić information content (AvgIpc) is 2.57. The highest BCUT2D eigenvalue weighted by Crippen LogP contribution is 2.44. The van der Waals surface area contributed by atoms with Gasteiger partial charge in [0.15, 0.2) is 11.9 Å². The van der Waals surface area contributed by atoms with Gasteiger partial charge in [-0.1, -0.05) is 32.9 Å². The van der Waals surface area contributed by atoms with Crippen LogP contribution in [0.3, 0.4) is 0 Å². The second-order valence-electron chi connectivity index (χ2n) is 7.49. The van der Waals surface area contributed by atoms with Crippen molar-refractivity contribution >= 4 is 25.9 Å². The van der Waals surface area contributed by atoms with Gasteiger partial charge < -0.3 is 24.1 Å². The monoisotopic (exact) mass is 435 g/mol. The quantitative estimate of drug-likeness (QED) is 0.143. The number of carboxylic acid groups (broad SMARTS) is 1. The lowest BCUT2D eigenvalue weighted by atomic mass is 10.1. The number of Topliss-reactive ketones (excluding diaryl/α,β-unsaturated/α-hetero) is 1. The summed E-state index contributed by atoms with van der Waals surface area (Å²) in [6, 6.07) is 0. The first-order chi connectivity index (χ1) is 13.2. The van der Waals surface area contributed by atoms with Gasteiger partial charge in [-0.3, -0.25) is 13.8 Å². The van der Waals surface area contributed by atoms with E-state index in [4.69, 9.17) is 4.52 Å². The Morgan fingerprint density at radius 3 is 2.17 bits per heavy atom. The number of aliphatic carboxylic acids is 1. The topological polar surface area (TPSA) is 130 Å². The van der Waals surface area contributed by atoms with E-state index in [0.717, 1.165) is 19.3 Å². The van der Waals surface area contributed by atoms with Crippen LogP contribution < -0.4 is 5.11 Å². The number of carbonyl (C=O) groups is 3. The number of unbranched alkanes of at least 4 members (excludes halogenated alkanes) is 2. The molecule has 0 rings (SSSR count). The molecule has 1 N–H and O–H groups in total. The standard InChI is InChI=1S/C11H20NO6P.C8H14O2/c1-9(2)11(14)10(8-12(3,4)5)18-19(15,16)17-7-6-13;1-3-4-5-6-7(2)8(9)10/h6,10H,1,7-8H2,2-5H3;2-6H2,1H3,(H,9,10). The molecule has 2 atom stereocenters. The van der Waals surface area contributed by atoms with Gasteiger partial charge in [-0.25, -0.2) is 4.57 Å². The highest BCUT2D eigenvalue weighted by molar-refractivity contribution is 7.47. The van der Waals surface area contributed by atoms with Gasteiger partial charge in [0.1, 0.15) is 19.4 Å². The molecule has 0 aromatic heterocycles. The summed E-state index contributed by atoms with van der Waals surface area (Å²) in [6.07, 6.45) is 2.80. The van der Waals surface area contributed by atoms with Crippen molar-refractivity contribution in [1.29, 1.82) is 0 Å². The zero-order valence-electron chi connectivity index (χ0n) is 18.0. The number of rotatable bonds is 14. The summed E-state index contributed by atoms with van der Waals surface area (Å²) in [6.45, 7) is 10.0. The Morgan fingerprint density at radius 1 is 1.24 bits per heavy atom. The summed E-state index contributed by atoms with van der Waals surface area (Å²) >= 11 is 0. The molecule has 29 heavy (non-hydrogen) atoms. The Hall–Kier alpha value is -1.64. The number of ketones is 1. The van der Waals surface area contributed by atoms with Crippen LogP contribution in [0, 0.1) is 0 Å². The lowest BCUT2D eigenvalue weighted by Crippen LogP contribution is -2.45. The van der Waals surface area contributed by atoms with Crippen LogP contribution in [0.15, 0.2) is 24.3 Å². The largest absolute Gasteiger partial charge is 0.545 e. The van der Waals surface area contributed by atoms with Crippen LogP contribution in [0.4, 0.5) is 0 Å². The SMILES string of the molecule is C=C(C)C(=O)C(C[N+](C)(C)C)OP(=O)(O)OCC=O.C=C(CCCCC)C(=O)[O-]. The van der Waals surface area contributed by atoms with Gasteiger partial charge in [0, 0.05) is 0 Å². The van der Waals surface area contributed by atoms with Gasteiger partial charge in [-0.2, -0.15) is 0 Å². The molecule has 0 fully saturated rings. The van der Waals surface area contributed by atoms with Crippen molar-refractivity contribution in [2.45, 2.75) is 45.6 Å². The summed E-state index contributed by atoms with van der Waals surface area (Å²) < 4.78 is 21.1. The molecule has 0 spiro atoms. The number of quaternary nitrogens is 1. The van der Waals surface area contributed by atoms with Crippen molar-refractivity contribution in [3.05, 3.63) is 24.3 Å². The Labute approximate surface area is 173 Å². The molecule has 168 valence electrons. The molecule has 0 aromatic rings. The minimum Gasteiger partial charge on any atom is -0.545 e. The molecule has 0 aliphatic rings. The van der Waals surface area contributed by atoms with E-state index in [9.17, 15) is 28.9 Å². The van der Waals surface area contributed by atoms with Gasteiger partial charge in [0.05, 0.1) is 27.1 Å². The first-order valence-corrected chi connectivity index (χ1v) is 10.6. The molecule has 0 aromatic carbocycles. The molecule has 10 heteroatoms. The van der Waals surface area contributed by atoms with Crippen LogP contribution >= 0.6 is 7.82 Å². The maximum Gasteiger partial charge on any atom is 0.473 e. The summed E-state index contributed by atoms with van der Waals surface area (Å²) in [5.41, 5.74) is 0.433. The van der Waals surface area contributed by atoms with Gasteiger partial charge in [0.2, 0.25) is 0 Å². The van der Waals surface area contributed by atoms with E-state index in [1.54, 1.807) is 21.1 Å². The highest BCUT2D eigenvalue weighted by atomic mass is 31.2. The minimum atomic E-state index is -4.45. The smallest absolute Gasteiger partial charge is 0.473 e. The van der Waals surface area contributed by atoms with E-state index in [1.807, 2.05) is 0 Å². The van der Waals surface area contributed by atoms with E-state index >= 15 is 0 Å². The molecule has 9 nitrogen and oxygen atoms in total. The van der Waals surface area contributed by atoms with Crippen LogP contribution in [-0.4, -0.2) is 67.8 Å². The van der Waals surface area contributed by atoms with Crippen molar-refractivity contribution in [2.24, 2.45) is 0 Å². The first kappa shape index (κ1) is 29.6. The first-order valence-electron chi connectivity index (χ1n) is 9.15. The molecule has 0 saturated heterocycles. The van der Waals surface area contributed by atoms with Crippen LogP contribution in [0.5, 0.6) is 0 Å². The minimum absolute atomic E-state index is 0.167. The van der Waals surface area contributed by atoms with Gasteiger partial charge in [-0.05, 0) is 30.9 Å². The number of nitrogens with zero attached hydrogens (tertiary/aromatic N) is 1. The average molecular weight is 435 g/mol. The molecule has 0 amide bonds. The molecule has 0 radical (unpaired) electrons. The van der Waals surface area contributed by atoms with Crippen molar-refractivity contribution in [1.82, 2.24) is 0 Å². The van der Waals surface area contributed by atoms with Crippen LogP contribution in [-0.2, 0) is 28.0 Å². The van der Waals surface area contributed by atoms with E-state index < -0.39 is 32.3 Å². The number of phosphoric ester groups is 1.